The minimum Gasteiger partial charge on any atom is -0.505 e. The summed E-state index contributed by atoms with van der Waals surface area (Å²) in [5.74, 6) is -0.710. The molecule has 2 aliphatic rings. The van der Waals surface area contributed by atoms with Crippen LogP contribution in [0.1, 0.15) is 18.4 Å². The molecule has 18 heavy (non-hydrogen) atoms. The second-order valence-electron chi connectivity index (χ2n) is 5.31. The maximum atomic E-state index is 13.3. The topological polar surface area (TPSA) is 26.7 Å². The number of hydrogen-bond acceptors (Lipinski definition) is 3. The summed E-state index contributed by atoms with van der Waals surface area (Å²) in [5, 5.41) is 9.70. The molecule has 0 spiro atoms. The predicted octanol–water partition coefficient (Wildman–Crippen LogP) is 1.81. The predicted molar refractivity (Wildman–Crippen MR) is 67.9 cm³/mol. The van der Waals surface area contributed by atoms with Gasteiger partial charge in [-0.15, -0.1) is 0 Å². The van der Waals surface area contributed by atoms with Gasteiger partial charge in [-0.2, -0.15) is 0 Å². The van der Waals surface area contributed by atoms with Gasteiger partial charge in [-0.1, -0.05) is 12.1 Å². The zero-order valence-corrected chi connectivity index (χ0v) is 10.5. The summed E-state index contributed by atoms with van der Waals surface area (Å²) in [6, 6.07) is 5.43. The Morgan fingerprint density at radius 1 is 1.28 bits per heavy atom. The van der Waals surface area contributed by atoms with E-state index < -0.39 is 5.82 Å². The summed E-state index contributed by atoms with van der Waals surface area (Å²) in [5.41, 5.74) is 0.696. The van der Waals surface area contributed by atoms with E-state index in [9.17, 15) is 9.50 Å². The third-order valence-corrected chi connectivity index (χ3v) is 4.14. The highest BCUT2D eigenvalue weighted by atomic mass is 19.1. The first kappa shape index (κ1) is 11.9. The van der Waals surface area contributed by atoms with E-state index in [-0.39, 0.29) is 5.75 Å². The van der Waals surface area contributed by atoms with Gasteiger partial charge >= 0.3 is 0 Å². The number of nitrogens with zero attached hydrogens (tertiary/aromatic N) is 2. The number of hydrogen-bond donors (Lipinski definition) is 1. The van der Waals surface area contributed by atoms with Crippen molar-refractivity contribution in [3.05, 3.63) is 29.6 Å². The Morgan fingerprint density at radius 3 is 3.06 bits per heavy atom. The van der Waals surface area contributed by atoms with Crippen molar-refractivity contribution in [2.45, 2.75) is 25.4 Å². The molecule has 4 heteroatoms. The minimum absolute atomic E-state index is 0.189. The van der Waals surface area contributed by atoms with E-state index in [2.05, 4.69) is 9.80 Å². The van der Waals surface area contributed by atoms with Crippen molar-refractivity contribution < 1.29 is 9.50 Å². The van der Waals surface area contributed by atoms with Crippen molar-refractivity contribution >= 4 is 0 Å². The summed E-state index contributed by atoms with van der Waals surface area (Å²) < 4.78 is 13.3. The van der Waals surface area contributed by atoms with Gasteiger partial charge in [0.1, 0.15) is 0 Å². The Balaban J connectivity index is 1.68. The maximum absolute atomic E-state index is 13.3. The van der Waals surface area contributed by atoms with Crippen molar-refractivity contribution in [1.82, 2.24) is 9.80 Å². The number of rotatable bonds is 2. The number of fused-ring (bicyclic) bond motifs is 1. The van der Waals surface area contributed by atoms with Crippen LogP contribution in [0.5, 0.6) is 5.75 Å². The molecule has 1 atom stereocenters. The van der Waals surface area contributed by atoms with E-state index in [1.807, 2.05) is 0 Å². The molecule has 0 amide bonds. The highest BCUT2D eigenvalue weighted by Crippen LogP contribution is 2.26. The molecule has 1 aromatic rings. The first-order chi connectivity index (χ1) is 8.74. The molecule has 2 aliphatic heterocycles. The molecule has 3 rings (SSSR count). The summed E-state index contributed by atoms with van der Waals surface area (Å²) in [7, 11) is 0. The minimum atomic E-state index is -0.521. The van der Waals surface area contributed by atoms with E-state index in [1.54, 1.807) is 12.1 Å². The van der Waals surface area contributed by atoms with Crippen LogP contribution >= 0.6 is 0 Å². The molecule has 0 bridgehead atoms. The standard InChI is InChI=1S/C14H19FN2O/c15-13-5-1-3-11(14(13)18)9-16-7-8-17-6-2-4-12(17)10-16/h1,3,5,12,18H,2,4,6-10H2. The fourth-order valence-electron chi connectivity index (χ4n) is 3.13. The van der Waals surface area contributed by atoms with E-state index in [1.165, 1.54) is 25.5 Å². The summed E-state index contributed by atoms with van der Waals surface area (Å²) in [6.07, 6.45) is 2.56. The number of piperazine rings is 1. The molecule has 3 nitrogen and oxygen atoms in total. The molecule has 1 unspecified atom stereocenters. The Hall–Kier alpha value is -1.13. The van der Waals surface area contributed by atoms with Crippen LogP contribution in [0, 0.1) is 5.82 Å². The molecule has 0 radical (unpaired) electrons. The third kappa shape index (κ3) is 2.22. The van der Waals surface area contributed by atoms with Crippen molar-refractivity contribution in [3.8, 4) is 5.75 Å². The monoisotopic (exact) mass is 250 g/mol. The number of benzene rings is 1. The van der Waals surface area contributed by atoms with Crippen molar-refractivity contribution in [1.29, 1.82) is 0 Å². The fraction of sp³-hybridized carbons (Fsp3) is 0.571. The normalized spacial score (nSPS) is 25.3. The highest BCUT2D eigenvalue weighted by molar-refractivity contribution is 5.33. The Labute approximate surface area is 107 Å². The Morgan fingerprint density at radius 2 is 2.17 bits per heavy atom. The molecular weight excluding hydrogens is 231 g/mol. The summed E-state index contributed by atoms with van der Waals surface area (Å²) >= 11 is 0. The Bertz CT molecular complexity index is 438. The molecule has 98 valence electrons. The number of para-hydroxylation sites is 1. The van der Waals surface area contributed by atoms with Crippen LogP contribution in [0.3, 0.4) is 0 Å². The van der Waals surface area contributed by atoms with Gasteiger partial charge in [-0.25, -0.2) is 4.39 Å². The van der Waals surface area contributed by atoms with Gasteiger partial charge in [-0.05, 0) is 25.5 Å². The molecule has 2 fully saturated rings. The van der Waals surface area contributed by atoms with Crippen LogP contribution in [-0.4, -0.2) is 47.1 Å². The van der Waals surface area contributed by atoms with Gasteiger partial charge in [0.15, 0.2) is 11.6 Å². The first-order valence-corrected chi connectivity index (χ1v) is 6.67. The van der Waals surface area contributed by atoms with E-state index in [0.29, 0.717) is 18.2 Å². The summed E-state index contributed by atoms with van der Waals surface area (Å²) in [6.45, 7) is 5.01. The van der Waals surface area contributed by atoms with E-state index >= 15 is 0 Å². The van der Waals surface area contributed by atoms with Gasteiger partial charge in [0.05, 0.1) is 0 Å². The zero-order chi connectivity index (χ0) is 12.5. The van der Waals surface area contributed by atoms with Gasteiger partial charge < -0.3 is 5.11 Å². The lowest BCUT2D eigenvalue weighted by molar-refractivity contribution is 0.0986. The molecule has 0 saturated carbocycles. The van der Waals surface area contributed by atoms with Gasteiger partial charge in [0, 0.05) is 37.8 Å². The van der Waals surface area contributed by atoms with E-state index in [0.717, 1.165) is 19.6 Å². The van der Waals surface area contributed by atoms with Crippen molar-refractivity contribution in [3.63, 3.8) is 0 Å². The molecule has 2 heterocycles. The smallest absolute Gasteiger partial charge is 0.165 e. The van der Waals surface area contributed by atoms with Gasteiger partial charge in [0.25, 0.3) is 0 Å². The Kier molecular flexibility index (Phi) is 3.22. The second kappa shape index (κ2) is 4.86. The van der Waals surface area contributed by atoms with Crippen LogP contribution < -0.4 is 0 Å². The van der Waals surface area contributed by atoms with Crippen molar-refractivity contribution in [2.24, 2.45) is 0 Å². The largest absolute Gasteiger partial charge is 0.505 e. The van der Waals surface area contributed by atoms with E-state index in [4.69, 9.17) is 0 Å². The average molecular weight is 250 g/mol. The highest BCUT2D eigenvalue weighted by Gasteiger charge is 2.30. The van der Waals surface area contributed by atoms with Gasteiger partial charge in [-0.3, -0.25) is 9.80 Å². The molecule has 1 aromatic carbocycles. The SMILES string of the molecule is Oc1c(F)cccc1CN1CCN2CCCC2C1. The lowest BCUT2D eigenvalue weighted by Crippen LogP contribution is -2.49. The third-order valence-electron chi connectivity index (χ3n) is 4.14. The number of halogens is 1. The molecule has 2 saturated heterocycles. The van der Waals surface area contributed by atoms with Crippen LogP contribution in [0.25, 0.3) is 0 Å². The summed E-state index contributed by atoms with van der Waals surface area (Å²) in [4.78, 5) is 4.86. The fourth-order valence-corrected chi connectivity index (χ4v) is 3.13. The maximum Gasteiger partial charge on any atom is 0.165 e. The molecule has 0 aromatic heterocycles. The number of phenolic OH excluding ortho intramolecular Hbond substituents is 1. The van der Waals surface area contributed by atoms with Gasteiger partial charge in [0.2, 0.25) is 0 Å². The lowest BCUT2D eigenvalue weighted by Gasteiger charge is -2.37. The molecule has 0 aliphatic carbocycles. The van der Waals surface area contributed by atoms with Crippen LogP contribution in [-0.2, 0) is 6.54 Å². The first-order valence-electron chi connectivity index (χ1n) is 6.67. The van der Waals surface area contributed by atoms with Crippen LogP contribution in [0.2, 0.25) is 0 Å². The van der Waals surface area contributed by atoms with Crippen LogP contribution in [0.4, 0.5) is 4.39 Å². The lowest BCUT2D eigenvalue weighted by atomic mass is 10.1. The zero-order valence-electron chi connectivity index (χ0n) is 10.5. The number of phenols is 1. The average Bonchev–Trinajstić information content (AvgIpc) is 2.82. The van der Waals surface area contributed by atoms with Crippen LogP contribution in [0.15, 0.2) is 18.2 Å². The van der Waals surface area contributed by atoms with Crippen molar-refractivity contribution in [2.75, 3.05) is 26.2 Å². The molecular formula is C14H19FN2O. The number of aromatic hydroxyl groups is 1. The molecule has 1 N–H and O–H groups in total. The quantitative estimate of drug-likeness (QED) is 0.867. The second-order valence-corrected chi connectivity index (χ2v) is 5.31.